The van der Waals surface area contributed by atoms with Crippen LogP contribution in [0.15, 0.2) is 12.1 Å². The van der Waals surface area contributed by atoms with E-state index >= 15 is 0 Å². The van der Waals surface area contributed by atoms with Crippen LogP contribution in [0.1, 0.15) is 36.5 Å². The van der Waals surface area contributed by atoms with Crippen LogP contribution in [-0.2, 0) is 6.54 Å². The Morgan fingerprint density at radius 2 is 2.12 bits per heavy atom. The summed E-state index contributed by atoms with van der Waals surface area (Å²) in [6.45, 7) is 7.41. The largest absolute Gasteiger partial charge is 0.221 e. The monoisotopic (exact) mass is 214 g/mol. The Bertz CT molecular complexity index is 554. The number of nitrogens with zero attached hydrogens (tertiary/aromatic N) is 4. The van der Waals surface area contributed by atoms with Crippen molar-refractivity contribution in [3.05, 3.63) is 28.8 Å². The maximum absolute atomic E-state index is 4.06. The molecule has 0 atom stereocenters. The zero-order valence-electron chi connectivity index (χ0n) is 9.73. The van der Waals surface area contributed by atoms with Gasteiger partial charge in [-0.2, -0.15) is 0 Å². The summed E-state index contributed by atoms with van der Waals surface area (Å²) in [5.41, 5.74) is 5.24. The highest BCUT2D eigenvalue weighted by Crippen LogP contribution is 2.33. The third kappa shape index (κ3) is 1.19. The number of aromatic nitrogens is 4. The second kappa shape index (κ2) is 3.14. The Morgan fingerprint density at radius 1 is 1.31 bits per heavy atom. The predicted octanol–water partition coefficient (Wildman–Crippen LogP) is 2.13. The van der Waals surface area contributed by atoms with Crippen molar-refractivity contribution >= 4 is 0 Å². The Hall–Kier alpha value is -1.71. The van der Waals surface area contributed by atoms with E-state index in [0.717, 1.165) is 12.4 Å². The average molecular weight is 214 g/mol. The van der Waals surface area contributed by atoms with Gasteiger partial charge in [0.1, 0.15) is 0 Å². The number of hydrogen-bond donors (Lipinski definition) is 0. The maximum Gasteiger partial charge on any atom is 0.182 e. The standard InChI is InChI=1S/C12H14N4/c1-7(2)10-5-9-6-16-12(13-14-15-16)11(9)4-8(10)3/h4-5,7H,6H2,1-3H3. The summed E-state index contributed by atoms with van der Waals surface area (Å²) in [5.74, 6) is 1.46. The fourth-order valence-electron chi connectivity index (χ4n) is 2.40. The molecule has 16 heavy (non-hydrogen) atoms. The molecule has 3 rings (SSSR count). The van der Waals surface area contributed by atoms with E-state index in [-0.39, 0.29) is 0 Å². The molecule has 0 saturated carbocycles. The molecule has 0 bridgehead atoms. The van der Waals surface area contributed by atoms with Crippen molar-refractivity contribution in [3.63, 3.8) is 0 Å². The summed E-state index contributed by atoms with van der Waals surface area (Å²) in [6.07, 6.45) is 0. The van der Waals surface area contributed by atoms with Gasteiger partial charge in [0.2, 0.25) is 0 Å². The maximum atomic E-state index is 4.06. The zero-order valence-corrected chi connectivity index (χ0v) is 9.73. The quantitative estimate of drug-likeness (QED) is 0.623. The first kappa shape index (κ1) is 9.51. The van der Waals surface area contributed by atoms with Crippen molar-refractivity contribution in [2.45, 2.75) is 33.2 Å². The van der Waals surface area contributed by atoms with E-state index in [2.05, 4.69) is 48.4 Å². The minimum atomic E-state index is 0.560. The molecular formula is C12H14N4. The zero-order chi connectivity index (χ0) is 11.3. The summed E-state index contributed by atoms with van der Waals surface area (Å²) >= 11 is 0. The SMILES string of the molecule is Cc1cc2c(cc1C(C)C)Cn1nnnc1-2. The highest BCUT2D eigenvalue weighted by molar-refractivity contribution is 5.66. The lowest BCUT2D eigenvalue weighted by Crippen LogP contribution is -1.97. The van der Waals surface area contributed by atoms with Crippen LogP contribution in [0.2, 0.25) is 0 Å². The normalized spacial score (nSPS) is 13.0. The van der Waals surface area contributed by atoms with Gasteiger partial charge in [0.05, 0.1) is 6.54 Å². The summed E-state index contributed by atoms with van der Waals surface area (Å²) in [7, 11) is 0. The van der Waals surface area contributed by atoms with E-state index in [1.807, 2.05) is 4.68 Å². The van der Waals surface area contributed by atoms with Crippen LogP contribution in [0.3, 0.4) is 0 Å². The summed E-state index contributed by atoms with van der Waals surface area (Å²) in [5, 5.41) is 11.7. The molecule has 1 aliphatic rings. The van der Waals surface area contributed by atoms with Gasteiger partial charge in [-0.25, -0.2) is 4.68 Å². The molecule has 0 saturated heterocycles. The minimum Gasteiger partial charge on any atom is -0.221 e. The summed E-state index contributed by atoms with van der Waals surface area (Å²) in [6, 6.07) is 4.49. The fraction of sp³-hybridized carbons (Fsp3) is 0.417. The van der Waals surface area contributed by atoms with E-state index in [9.17, 15) is 0 Å². The molecule has 82 valence electrons. The first-order valence-corrected chi connectivity index (χ1v) is 5.57. The lowest BCUT2D eigenvalue weighted by molar-refractivity contribution is 0.669. The molecule has 0 N–H and O–H groups in total. The fourth-order valence-corrected chi connectivity index (χ4v) is 2.40. The first-order chi connectivity index (χ1) is 7.66. The molecule has 2 aromatic rings. The Kier molecular flexibility index (Phi) is 1.87. The number of tetrazole rings is 1. The van der Waals surface area contributed by atoms with Gasteiger partial charge < -0.3 is 0 Å². The molecule has 0 unspecified atom stereocenters. The lowest BCUT2D eigenvalue weighted by atomic mass is 9.93. The molecule has 4 heteroatoms. The molecule has 1 aliphatic heterocycles. The van der Waals surface area contributed by atoms with E-state index in [1.165, 1.54) is 22.3 Å². The smallest absolute Gasteiger partial charge is 0.182 e. The van der Waals surface area contributed by atoms with Crippen molar-refractivity contribution in [1.29, 1.82) is 0 Å². The number of fused-ring (bicyclic) bond motifs is 3. The highest BCUT2D eigenvalue weighted by Gasteiger charge is 2.22. The van der Waals surface area contributed by atoms with E-state index in [4.69, 9.17) is 0 Å². The predicted molar refractivity (Wildman–Crippen MR) is 61.2 cm³/mol. The van der Waals surface area contributed by atoms with Crippen LogP contribution in [0, 0.1) is 6.92 Å². The van der Waals surface area contributed by atoms with Crippen LogP contribution in [0.4, 0.5) is 0 Å². The van der Waals surface area contributed by atoms with Gasteiger partial charge in [-0.15, -0.1) is 5.10 Å². The van der Waals surface area contributed by atoms with Crippen molar-refractivity contribution in [3.8, 4) is 11.4 Å². The summed E-state index contributed by atoms with van der Waals surface area (Å²) < 4.78 is 1.86. The second-order valence-electron chi connectivity index (χ2n) is 4.68. The number of rotatable bonds is 1. The van der Waals surface area contributed by atoms with Gasteiger partial charge in [0.25, 0.3) is 0 Å². The molecule has 0 radical (unpaired) electrons. The Morgan fingerprint density at radius 3 is 2.88 bits per heavy atom. The topological polar surface area (TPSA) is 43.6 Å². The van der Waals surface area contributed by atoms with Gasteiger partial charge in [-0.1, -0.05) is 19.9 Å². The lowest BCUT2D eigenvalue weighted by Gasteiger charge is -2.11. The molecule has 0 aliphatic carbocycles. The third-order valence-electron chi connectivity index (χ3n) is 3.21. The van der Waals surface area contributed by atoms with Crippen LogP contribution in [-0.4, -0.2) is 20.2 Å². The molecule has 4 nitrogen and oxygen atoms in total. The van der Waals surface area contributed by atoms with Gasteiger partial charge >= 0.3 is 0 Å². The minimum absolute atomic E-state index is 0.560. The van der Waals surface area contributed by atoms with Crippen LogP contribution >= 0.6 is 0 Å². The van der Waals surface area contributed by atoms with Crippen molar-refractivity contribution < 1.29 is 0 Å². The van der Waals surface area contributed by atoms with Crippen LogP contribution in [0.5, 0.6) is 0 Å². The van der Waals surface area contributed by atoms with Gasteiger partial charge in [0.15, 0.2) is 5.82 Å². The van der Waals surface area contributed by atoms with E-state index in [0.29, 0.717) is 5.92 Å². The van der Waals surface area contributed by atoms with Crippen molar-refractivity contribution in [1.82, 2.24) is 20.2 Å². The molecule has 1 aromatic heterocycles. The van der Waals surface area contributed by atoms with Crippen LogP contribution < -0.4 is 0 Å². The molecule has 1 aromatic carbocycles. The third-order valence-corrected chi connectivity index (χ3v) is 3.21. The van der Waals surface area contributed by atoms with E-state index in [1.54, 1.807) is 0 Å². The molecule has 0 amide bonds. The number of benzene rings is 1. The Labute approximate surface area is 94.3 Å². The van der Waals surface area contributed by atoms with E-state index < -0.39 is 0 Å². The van der Waals surface area contributed by atoms with Crippen molar-refractivity contribution in [2.75, 3.05) is 0 Å². The number of hydrogen-bond acceptors (Lipinski definition) is 3. The highest BCUT2D eigenvalue weighted by atomic mass is 15.5. The molecule has 2 heterocycles. The Balaban J connectivity index is 2.20. The van der Waals surface area contributed by atoms with Gasteiger partial charge in [0, 0.05) is 5.56 Å². The van der Waals surface area contributed by atoms with Gasteiger partial charge in [-0.3, -0.25) is 0 Å². The molecule has 0 fully saturated rings. The molecular weight excluding hydrogens is 200 g/mol. The first-order valence-electron chi connectivity index (χ1n) is 5.57. The van der Waals surface area contributed by atoms with Crippen molar-refractivity contribution in [2.24, 2.45) is 0 Å². The summed E-state index contributed by atoms with van der Waals surface area (Å²) in [4.78, 5) is 0. The van der Waals surface area contributed by atoms with Crippen LogP contribution in [0.25, 0.3) is 11.4 Å². The average Bonchev–Trinajstić information content (AvgIpc) is 2.77. The molecule has 0 spiro atoms. The number of aryl methyl sites for hydroxylation is 1. The second-order valence-corrected chi connectivity index (χ2v) is 4.68. The van der Waals surface area contributed by atoms with Gasteiger partial charge in [-0.05, 0) is 46.0 Å².